The molecule has 1 rings (SSSR count). The Kier molecular flexibility index (Phi) is 7.01. The number of nitrogens with one attached hydrogen (secondary N) is 1. The first-order valence-corrected chi connectivity index (χ1v) is 7.81. The van der Waals surface area contributed by atoms with E-state index in [1.165, 1.54) is 35.8 Å². The Morgan fingerprint density at radius 3 is 2.76 bits per heavy atom. The third-order valence-corrected chi connectivity index (χ3v) is 3.51. The van der Waals surface area contributed by atoms with Gasteiger partial charge in [0.05, 0.1) is 0 Å². The predicted molar refractivity (Wildman–Crippen MR) is 80.8 cm³/mol. The topological polar surface area (TPSA) is 69.6 Å². The Bertz CT molecular complexity index is 499. The highest BCUT2D eigenvalue weighted by Gasteiger charge is 2.21. The van der Waals surface area contributed by atoms with E-state index in [-0.39, 0.29) is 12.4 Å². The van der Waals surface area contributed by atoms with Crippen LogP contribution in [0.3, 0.4) is 0 Å². The van der Waals surface area contributed by atoms with Gasteiger partial charge in [-0.05, 0) is 36.1 Å². The highest BCUT2D eigenvalue weighted by Crippen LogP contribution is 2.07. The lowest BCUT2D eigenvalue weighted by Crippen LogP contribution is -2.46. The van der Waals surface area contributed by atoms with Gasteiger partial charge in [-0.25, -0.2) is 14.0 Å². The minimum absolute atomic E-state index is 0.207. The number of hydrogen-bond acceptors (Lipinski definition) is 3. The largest absolute Gasteiger partial charge is 0.480 e. The molecule has 0 fully saturated rings. The molecule has 1 aromatic carbocycles. The van der Waals surface area contributed by atoms with E-state index in [1.807, 2.05) is 6.26 Å². The maximum atomic E-state index is 13.1. The van der Waals surface area contributed by atoms with Gasteiger partial charge in [0.1, 0.15) is 11.9 Å². The van der Waals surface area contributed by atoms with Crippen molar-refractivity contribution >= 4 is 23.8 Å². The van der Waals surface area contributed by atoms with Gasteiger partial charge >= 0.3 is 12.0 Å². The second-order valence-corrected chi connectivity index (χ2v) is 5.59. The normalized spacial score (nSPS) is 11.8. The summed E-state index contributed by atoms with van der Waals surface area (Å²) in [6, 6.07) is 4.52. The van der Waals surface area contributed by atoms with Gasteiger partial charge in [0.15, 0.2) is 0 Å². The molecule has 0 saturated heterocycles. The Balaban J connectivity index is 2.58. The highest BCUT2D eigenvalue weighted by atomic mass is 32.2. The van der Waals surface area contributed by atoms with Crippen LogP contribution in [0, 0.1) is 5.82 Å². The molecular formula is C14H19FN2O3S. The van der Waals surface area contributed by atoms with Crippen LogP contribution in [0.15, 0.2) is 24.3 Å². The first-order chi connectivity index (χ1) is 9.93. The van der Waals surface area contributed by atoms with E-state index in [1.54, 1.807) is 12.1 Å². The molecule has 0 saturated carbocycles. The summed E-state index contributed by atoms with van der Waals surface area (Å²) in [5, 5.41) is 11.5. The molecule has 7 heteroatoms. The van der Waals surface area contributed by atoms with Crippen molar-refractivity contribution < 1.29 is 19.1 Å². The number of rotatable bonds is 7. The van der Waals surface area contributed by atoms with Crippen molar-refractivity contribution in [3.05, 3.63) is 35.6 Å². The lowest BCUT2D eigenvalue weighted by atomic mass is 10.2. The smallest absolute Gasteiger partial charge is 0.326 e. The molecule has 116 valence electrons. The number of carbonyl (C=O) groups excluding carboxylic acids is 1. The van der Waals surface area contributed by atoms with Gasteiger partial charge in [-0.15, -0.1) is 0 Å². The molecule has 0 aliphatic carbocycles. The molecule has 5 nitrogen and oxygen atoms in total. The fourth-order valence-electron chi connectivity index (χ4n) is 1.73. The number of nitrogens with zero attached hydrogens (tertiary/aromatic N) is 1. The summed E-state index contributed by atoms with van der Waals surface area (Å²) in [5.41, 5.74) is 0.642. The molecular weight excluding hydrogens is 295 g/mol. The quantitative estimate of drug-likeness (QED) is 0.809. The van der Waals surface area contributed by atoms with Gasteiger partial charge < -0.3 is 15.3 Å². The minimum atomic E-state index is -1.06. The standard InChI is InChI=1S/C14H19FN2O3S/c1-17(9-10-4-3-5-11(15)8-10)14(20)16-12(13(18)19)6-7-21-2/h3-5,8,12H,6-7,9H2,1-2H3,(H,16,20)(H,18,19). The van der Waals surface area contributed by atoms with Crippen LogP contribution in [0.5, 0.6) is 0 Å². The van der Waals surface area contributed by atoms with Crippen LogP contribution in [0.4, 0.5) is 9.18 Å². The molecule has 0 aliphatic rings. The van der Waals surface area contributed by atoms with Crippen molar-refractivity contribution in [2.75, 3.05) is 19.1 Å². The van der Waals surface area contributed by atoms with Crippen LogP contribution in [-0.4, -0.2) is 47.1 Å². The first-order valence-electron chi connectivity index (χ1n) is 6.42. The number of carboxylic acid groups (broad SMARTS) is 1. The molecule has 1 aromatic rings. The molecule has 0 radical (unpaired) electrons. The van der Waals surface area contributed by atoms with Gasteiger partial charge in [-0.3, -0.25) is 0 Å². The number of carbonyl (C=O) groups is 2. The van der Waals surface area contributed by atoms with Crippen LogP contribution in [0.25, 0.3) is 0 Å². The number of hydrogen-bond donors (Lipinski definition) is 2. The zero-order valence-electron chi connectivity index (χ0n) is 12.0. The number of aliphatic carboxylic acids is 1. The molecule has 2 amide bonds. The number of thioether (sulfide) groups is 1. The highest BCUT2D eigenvalue weighted by molar-refractivity contribution is 7.98. The maximum absolute atomic E-state index is 13.1. The Labute approximate surface area is 127 Å². The van der Waals surface area contributed by atoms with E-state index in [9.17, 15) is 14.0 Å². The van der Waals surface area contributed by atoms with Crippen molar-refractivity contribution in [2.24, 2.45) is 0 Å². The van der Waals surface area contributed by atoms with Gasteiger partial charge in [-0.1, -0.05) is 12.1 Å². The number of amides is 2. The summed E-state index contributed by atoms with van der Waals surface area (Å²) in [6.45, 7) is 0.207. The second-order valence-electron chi connectivity index (χ2n) is 4.61. The van der Waals surface area contributed by atoms with Crippen molar-refractivity contribution in [2.45, 2.75) is 19.0 Å². The van der Waals surface area contributed by atoms with Crippen molar-refractivity contribution in [3.63, 3.8) is 0 Å². The minimum Gasteiger partial charge on any atom is -0.480 e. The Morgan fingerprint density at radius 1 is 1.48 bits per heavy atom. The second kappa shape index (κ2) is 8.51. The van der Waals surface area contributed by atoms with Crippen LogP contribution in [0.2, 0.25) is 0 Å². The Morgan fingerprint density at radius 2 is 2.19 bits per heavy atom. The molecule has 0 aromatic heterocycles. The summed E-state index contributed by atoms with van der Waals surface area (Å²) in [5.74, 6) is -0.786. The van der Waals surface area contributed by atoms with E-state index in [0.717, 1.165) is 0 Å². The van der Waals surface area contributed by atoms with Gasteiger partial charge in [0.25, 0.3) is 0 Å². The molecule has 21 heavy (non-hydrogen) atoms. The molecule has 1 unspecified atom stereocenters. The SMILES string of the molecule is CSCCC(NC(=O)N(C)Cc1cccc(F)c1)C(=O)O. The molecule has 0 heterocycles. The summed E-state index contributed by atoms with van der Waals surface area (Å²) in [6.07, 6.45) is 2.23. The number of urea groups is 1. The van der Waals surface area contributed by atoms with Gasteiger partial charge in [0.2, 0.25) is 0 Å². The summed E-state index contributed by atoms with van der Waals surface area (Å²) >= 11 is 1.52. The zero-order chi connectivity index (χ0) is 15.8. The first kappa shape index (κ1) is 17.3. The van der Waals surface area contributed by atoms with Gasteiger partial charge in [0, 0.05) is 13.6 Å². The van der Waals surface area contributed by atoms with E-state index < -0.39 is 18.0 Å². The van der Waals surface area contributed by atoms with Gasteiger partial charge in [-0.2, -0.15) is 11.8 Å². The molecule has 0 aliphatic heterocycles. The maximum Gasteiger partial charge on any atom is 0.326 e. The average molecular weight is 314 g/mol. The number of carboxylic acids is 1. The fraction of sp³-hybridized carbons (Fsp3) is 0.429. The van der Waals surface area contributed by atoms with E-state index in [0.29, 0.717) is 17.7 Å². The lowest BCUT2D eigenvalue weighted by Gasteiger charge is -2.21. The van der Waals surface area contributed by atoms with E-state index >= 15 is 0 Å². The van der Waals surface area contributed by atoms with Crippen molar-refractivity contribution in [1.82, 2.24) is 10.2 Å². The van der Waals surface area contributed by atoms with Crippen LogP contribution in [0.1, 0.15) is 12.0 Å². The molecule has 0 bridgehead atoms. The molecule has 1 atom stereocenters. The number of halogens is 1. The molecule has 0 spiro atoms. The number of benzene rings is 1. The lowest BCUT2D eigenvalue weighted by molar-refractivity contribution is -0.139. The fourth-order valence-corrected chi connectivity index (χ4v) is 2.20. The third-order valence-electron chi connectivity index (χ3n) is 2.86. The van der Waals surface area contributed by atoms with Crippen LogP contribution >= 0.6 is 11.8 Å². The predicted octanol–water partition coefficient (Wildman–Crippen LogP) is 2.17. The van der Waals surface area contributed by atoms with Crippen LogP contribution < -0.4 is 5.32 Å². The Hall–Kier alpha value is -1.76. The zero-order valence-corrected chi connectivity index (χ0v) is 12.8. The molecule has 2 N–H and O–H groups in total. The monoisotopic (exact) mass is 314 g/mol. The average Bonchev–Trinajstić information content (AvgIpc) is 2.42. The summed E-state index contributed by atoms with van der Waals surface area (Å²) < 4.78 is 13.1. The van der Waals surface area contributed by atoms with Crippen LogP contribution in [-0.2, 0) is 11.3 Å². The summed E-state index contributed by atoms with van der Waals surface area (Å²) in [7, 11) is 1.54. The van der Waals surface area contributed by atoms with Crippen molar-refractivity contribution in [1.29, 1.82) is 0 Å². The van der Waals surface area contributed by atoms with E-state index in [2.05, 4.69) is 5.32 Å². The third kappa shape index (κ3) is 6.03. The van der Waals surface area contributed by atoms with Crippen molar-refractivity contribution in [3.8, 4) is 0 Å². The van der Waals surface area contributed by atoms with E-state index in [4.69, 9.17) is 5.11 Å². The summed E-state index contributed by atoms with van der Waals surface area (Å²) in [4.78, 5) is 24.4.